The zero-order valence-electron chi connectivity index (χ0n) is 12.2. The van der Waals surface area contributed by atoms with E-state index < -0.39 is 0 Å². The Morgan fingerprint density at radius 3 is 3.05 bits per heavy atom. The Labute approximate surface area is 137 Å². The number of anilines is 2. The fraction of sp³-hybridized carbons (Fsp3) is 0.176. The summed E-state index contributed by atoms with van der Waals surface area (Å²) in [5, 5.41) is 4.64. The summed E-state index contributed by atoms with van der Waals surface area (Å²) in [5.74, 6) is 2.05. The number of rotatable bonds is 3. The number of nitrogens with one attached hydrogen (secondary N) is 1. The fourth-order valence-electron chi connectivity index (χ4n) is 2.78. The molecule has 2 heterocycles. The second-order valence-electron chi connectivity index (χ2n) is 5.11. The molecule has 0 bridgehead atoms. The lowest BCUT2D eigenvalue weighted by Gasteiger charge is -2.12. The van der Waals surface area contributed by atoms with Crippen LogP contribution in [0.15, 0.2) is 52.5 Å². The van der Waals surface area contributed by atoms with Gasteiger partial charge >= 0.3 is 0 Å². The highest BCUT2D eigenvalue weighted by atomic mass is 32.2. The second-order valence-corrected chi connectivity index (χ2v) is 7.13. The number of benzene rings is 2. The number of hydrogen-bond donors (Lipinski definition) is 1. The third-order valence-electron chi connectivity index (χ3n) is 3.81. The topological polar surface area (TPSA) is 37.8 Å². The molecule has 0 spiro atoms. The molecule has 4 rings (SSSR count). The van der Waals surface area contributed by atoms with Gasteiger partial charge < -0.3 is 5.32 Å². The van der Waals surface area contributed by atoms with E-state index in [4.69, 9.17) is 0 Å². The van der Waals surface area contributed by atoms with Crippen molar-refractivity contribution >= 4 is 45.9 Å². The normalized spacial score (nSPS) is 13.3. The summed E-state index contributed by atoms with van der Waals surface area (Å²) >= 11 is 3.66. The molecule has 110 valence electrons. The lowest BCUT2D eigenvalue weighted by molar-refractivity contribution is 1.14. The molecule has 0 fully saturated rings. The summed E-state index contributed by atoms with van der Waals surface area (Å²) in [6.45, 7) is 0. The molecule has 5 heteroatoms. The van der Waals surface area contributed by atoms with Gasteiger partial charge in [-0.05, 0) is 48.6 Å². The van der Waals surface area contributed by atoms with E-state index in [-0.39, 0.29) is 0 Å². The minimum Gasteiger partial charge on any atom is -0.340 e. The molecule has 0 amide bonds. The average molecular weight is 325 g/mol. The van der Waals surface area contributed by atoms with E-state index in [0.29, 0.717) is 0 Å². The molecule has 0 saturated heterocycles. The predicted molar refractivity (Wildman–Crippen MR) is 95.5 cm³/mol. The van der Waals surface area contributed by atoms with Crippen molar-refractivity contribution in [3.63, 3.8) is 0 Å². The highest BCUT2D eigenvalue weighted by Crippen LogP contribution is 2.38. The van der Waals surface area contributed by atoms with Crippen LogP contribution < -0.4 is 5.32 Å². The van der Waals surface area contributed by atoms with Crippen LogP contribution in [0.5, 0.6) is 0 Å². The highest BCUT2D eigenvalue weighted by molar-refractivity contribution is 7.99. The summed E-state index contributed by atoms with van der Waals surface area (Å²) in [6, 6.07) is 12.7. The standard InChI is InChI=1S/C17H15N3S2/c1-21-12-4-2-3-11(9-12)20-17-16-13-7-8-22-15(13)6-5-14(16)18-10-19-17/h2-6,9-10H,7-8H2,1H3,(H,18,19,20). The molecule has 1 aliphatic rings. The van der Waals surface area contributed by atoms with Crippen molar-refractivity contribution in [1.29, 1.82) is 0 Å². The second kappa shape index (κ2) is 5.82. The number of fused-ring (bicyclic) bond motifs is 3. The Morgan fingerprint density at radius 1 is 1.18 bits per heavy atom. The molecule has 3 aromatic rings. The van der Waals surface area contributed by atoms with Gasteiger partial charge in [0.1, 0.15) is 12.1 Å². The molecule has 0 saturated carbocycles. The van der Waals surface area contributed by atoms with Crippen LogP contribution in [0.2, 0.25) is 0 Å². The lowest BCUT2D eigenvalue weighted by Crippen LogP contribution is -1.98. The molecule has 22 heavy (non-hydrogen) atoms. The summed E-state index contributed by atoms with van der Waals surface area (Å²) < 4.78 is 0. The van der Waals surface area contributed by atoms with Crippen LogP contribution >= 0.6 is 23.5 Å². The van der Waals surface area contributed by atoms with Crippen molar-refractivity contribution in [3.8, 4) is 0 Å². The van der Waals surface area contributed by atoms with Gasteiger partial charge in [0, 0.05) is 26.6 Å². The van der Waals surface area contributed by atoms with Crippen LogP contribution in [-0.2, 0) is 6.42 Å². The predicted octanol–water partition coefficient (Wildman–Crippen LogP) is 4.74. The number of hydrogen-bond acceptors (Lipinski definition) is 5. The van der Waals surface area contributed by atoms with Gasteiger partial charge in [0.15, 0.2) is 0 Å². The average Bonchev–Trinajstić information content (AvgIpc) is 3.04. The zero-order chi connectivity index (χ0) is 14.9. The molecule has 0 atom stereocenters. The minimum absolute atomic E-state index is 0.905. The molecular formula is C17H15N3S2. The molecule has 3 nitrogen and oxygen atoms in total. The van der Waals surface area contributed by atoms with Crippen molar-refractivity contribution in [2.45, 2.75) is 16.2 Å². The van der Waals surface area contributed by atoms with Crippen molar-refractivity contribution in [2.24, 2.45) is 0 Å². The Bertz CT molecular complexity index is 848. The summed E-state index contributed by atoms with van der Waals surface area (Å²) in [4.78, 5) is 11.5. The van der Waals surface area contributed by atoms with Crippen LogP contribution in [0, 0.1) is 0 Å². The summed E-state index contributed by atoms with van der Waals surface area (Å²) in [7, 11) is 0. The molecule has 0 aliphatic carbocycles. The largest absolute Gasteiger partial charge is 0.340 e. The van der Waals surface area contributed by atoms with Gasteiger partial charge in [0.05, 0.1) is 5.52 Å². The number of aromatic nitrogens is 2. The van der Waals surface area contributed by atoms with Crippen molar-refractivity contribution in [1.82, 2.24) is 9.97 Å². The third-order valence-corrected chi connectivity index (χ3v) is 5.64. The molecule has 0 radical (unpaired) electrons. The fourth-order valence-corrected chi connectivity index (χ4v) is 4.31. The van der Waals surface area contributed by atoms with Gasteiger partial charge in [-0.15, -0.1) is 23.5 Å². The van der Waals surface area contributed by atoms with E-state index in [1.807, 2.05) is 11.8 Å². The number of thioether (sulfide) groups is 2. The monoisotopic (exact) mass is 325 g/mol. The van der Waals surface area contributed by atoms with E-state index in [0.717, 1.165) is 29.2 Å². The summed E-state index contributed by atoms with van der Waals surface area (Å²) in [5.41, 5.74) is 3.46. The molecule has 1 aromatic heterocycles. The van der Waals surface area contributed by atoms with Crippen LogP contribution in [-0.4, -0.2) is 22.0 Å². The van der Waals surface area contributed by atoms with Crippen LogP contribution in [0.1, 0.15) is 5.56 Å². The van der Waals surface area contributed by atoms with Gasteiger partial charge in [0.2, 0.25) is 0 Å². The van der Waals surface area contributed by atoms with E-state index in [1.54, 1.807) is 18.1 Å². The van der Waals surface area contributed by atoms with Crippen LogP contribution in [0.25, 0.3) is 10.9 Å². The Balaban J connectivity index is 1.83. The lowest BCUT2D eigenvalue weighted by atomic mass is 10.1. The zero-order valence-corrected chi connectivity index (χ0v) is 13.8. The van der Waals surface area contributed by atoms with Crippen LogP contribution in [0.4, 0.5) is 11.5 Å². The van der Waals surface area contributed by atoms with Crippen LogP contribution in [0.3, 0.4) is 0 Å². The van der Waals surface area contributed by atoms with Crippen molar-refractivity contribution in [3.05, 3.63) is 48.3 Å². The molecule has 2 aromatic carbocycles. The van der Waals surface area contributed by atoms with Gasteiger partial charge in [-0.25, -0.2) is 9.97 Å². The van der Waals surface area contributed by atoms with E-state index in [1.165, 1.54) is 20.7 Å². The first-order valence-electron chi connectivity index (χ1n) is 7.15. The van der Waals surface area contributed by atoms with E-state index >= 15 is 0 Å². The maximum Gasteiger partial charge on any atom is 0.142 e. The molecule has 0 unspecified atom stereocenters. The SMILES string of the molecule is CSc1cccc(Nc2ncnc3ccc4c(c23)CCS4)c1. The first-order chi connectivity index (χ1) is 10.8. The van der Waals surface area contributed by atoms with Gasteiger partial charge in [0.25, 0.3) is 0 Å². The Kier molecular flexibility index (Phi) is 3.68. The highest BCUT2D eigenvalue weighted by Gasteiger charge is 2.18. The van der Waals surface area contributed by atoms with E-state index in [2.05, 4.69) is 57.9 Å². The van der Waals surface area contributed by atoms with Crippen molar-refractivity contribution in [2.75, 3.05) is 17.3 Å². The Hall–Kier alpha value is -1.72. The molecule has 1 N–H and O–H groups in total. The Morgan fingerprint density at radius 2 is 2.14 bits per heavy atom. The van der Waals surface area contributed by atoms with Crippen molar-refractivity contribution < 1.29 is 0 Å². The molecular weight excluding hydrogens is 310 g/mol. The van der Waals surface area contributed by atoms with Gasteiger partial charge in [-0.2, -0.15) is 0 Å². The first-order valence-corrected chi connectivity index (χ1v) is 9.36. The molecule has 1 aliphatic heterocycles. The maximum absolute atomic E-state index is 4.50. The van der Waals surface area contributed by atoms with E-state index in [9.17, 15) is 0 Å². The summed E-state index contributed by atoms with van der Waals surface area (Å²) in [6.07, 6.45) is 4.81. The first kappa shape index (κ1) is 13.9. The quantitative estimate of drug-likeness (QED) is 0.704. The third kappa shape index (κ3) is 2.44. The maximum atomic E-state index is 4.50. The minimum atomic E-state index is 0.905. The smallest absolute Gasteiger partial charge is 0.142 e. The van der Waals surface area contributed by atoms with Gasteiger partial charge in [-0.3, -0.25) is 0 Å². The van der Waals surface area contributed by atoms with Gasteiger partial charge in [-0.1, -0.05) is 6.07 Å². The number of nitrogens with zero attached hydrogens (tertiary/aromatic N) is 2. The number of aryl methyl sites for hydroxylation is 1.